The van der Waals surface area contributed by atoms with Gasteiger partial charge in [-0.05, 0) is 47.2 Å². The van der Waals surface area contributed by atoms with Crippen molar-refractivity contribution in [1.82, 2.24) is 0 Å². The highest BCUT2D eigenvalue weighted by molar-refractivity contribution is 6.52. The van der Waals surface area contributed by atoms with Crippen molar-refractivity contribution in [2.24, 2.45) is 0 Å². The Kier molecular flexibility index (Phi) is 3.51. The fourth-order valence-electron chi connectivity index (χ4n) is 2.98. The van der Waals surface area contributed by atoms with Crippen LogP contribution in [0.4, 0.5) is 0 Å². The van der Waals surface area contributed by atoms with Gasteiger partial charge in [-0.3, -0.25) is 4.79 Å². The van der Waals surface area contributed by atoms with E-state index in [0.29, 0.717) is 27.7 Å². The van der Waals surface area contributed by atoms with Crippen LogP contribution in [0.3, 0.4) is 0 Å². The van der Waals surface area contributed by atoms with Gasteiger partial charge in [0.25, 0.3) is 0 Å². The number of methoxy groups -OCH3 is 1. The second kappa shape index (κ2) is 5.69. The highest BCUT2D eigenvalue weighted by Gasteiger charge is 2.21. The first kappa shape index (κ1) is 14.8. The molecule has 1 aliphatic rings. The zero-order chi connectivity index (χ0) is 16.7. The summed E-state index contributed by atoms with van der Waals surface area (Å²) in [7, 11) is 1.61. The average Bonchev–Trinajstić information content (AvgIpc) is 2.74. The van der Waals surface area contributed by atoms with Crippen molar-refractivity contribution in [3.05, 3.63) is 65.2 Å². The molecule has 1 heterocycles. The first-order valence-corrected chi connectivity index (χ1v) is 7.83. The second-order valence-corrected chi connectivity index (χ2v) is 5.91. The van der Waals surface area contributed by atoms with Gasteiger partial charge in [-0.15, -0.1) is 0 Å². The topological polar surface area (TPSA) is 35.5 Å². The van der Waals surface area contributed by atoms with E-state index >= 15 is 0 Å². The summed E-state index contributed by atoms with van der Waals surface area (Å²) in [6, 6.07) is 15.1. The number of carbonyl (C=O) groups is 1. The van der Waals surface area contributed by atoms with Crippen molar-refractivity contribution in [3.63, 3.8) is 0 Å². The number of halogens is 1. The Bertz CT molecular complexity index is 1010. The number of para-hydroxylation sites is 1. The molecular weight excluding hydrogens is 324 g/mol. The third-order valence-electron chi connectivity index (χ3n) is 4.13. The number of carbonyl (C=O) groups excluding carboxylic acids is 1. The van der Waals surface area contributed by atoms with Gasteiger partial charge < -0.3 is 9.47 Å². The highest BCUT2D eigenvalue weighted by atomic mass is 35.5. The van der Waals surface area contributed by atoms with Crippen LogP contribution in [0.25, 0.3) is 21.9 Å². The van der Waals surface area contributed by atoms with Gasteiger partial charge >= 0.3 is 0 Å². The van der Waals surface area contributed by atoms with Crippen molar-refractivity contribution >= 4 is 39.8 Å². The van der Waals surface area contributed by atoms with Crippen LogP contribution >= 0.6 is 11.6 Å². The molecule has 4 rings (SSSR count). The number of benzene rings is 3. The van der Waals surface area contributed by atoms with Crippen molar-refractivity contribution in [1.29, 1.82) is 0 Å². The number of ether oxygens (including phenoxy) is 2. The fourth-order valence-corrected chi connectivity index (χ4v) is 3.29. The predicted octanol–water partition coefficient (Wildman–Crippen LogP) is 5.50. The predicted molar refractivity (Wildman–Crippen MR) is 96.1 cm³/mol. The van der Waals surface area contributed by atoms with E-state index in [2.05, 4.69) is 0 Å². The quantitative estimate of drug-likeness (QED) is 0.579. The first-order valence-electron chi connectivity index (χ1n) is 7.45. The van der Waals surface area contributed by atoms with E-state index in [0.717, 1.165) is 28.4 Å². The molecule has 3 nitrogen and oxygen atoms in total. The maximum atomic E-state index is 11.8. The number of hydrogen-bond donors (Lipinski definition) is 0. The number of rotatable bonds is 2. The van der Waals surface area contributed by atoms with E-state index in [-0.39, 0.29) is 0 Å². The zero-order valence-electron chi connectivity index (χ0n) is 12.9. The summed E-state index contributed by atoms with van der Waals surface area (Å²) in [6.45, 7) is 0. The maximum Gasteiger partial charge on any atom is 0.151 e. The number of aldehydes is 1. The Morgan fingerprint density at radius 2 is 1.92 bits per heavy atom. The monoisotopic (exact) mass is 336 g/mol. The lowest BCUT2D eigenvalue weighted by Gasteiger charge is -2.14. The highest BCUT2D eigenvalue weighted by Crippen LogP contribution is 2.44. The summed E-state index contributed by atoms with van der Waals surface area (Å²) in [5.74, 6) is 1.98. The molecule has 1 aliphatic heterocycles. The summed E-state index contributed by atoms with van der Waals surface area (Å²) in [5, 5.41) is 2.15. The van der Waals surface area contributed by atoms with Gasteiger partial charge in [0.2, 0.25) is 0 Å². The summed E-state index contributed by atoms with van der Waals surface area (Å²) in [4.78, 5) is 11.8. The van der Waals surface area contributed by atoms with Crippen LogP contribution in [0.2, 0.25) is 0 Å². The van der Waals surface area contributed by atoms with Gasteiger partial charge in [0, 0.05) is 16.7 Å². The van der Waals surface area contributed by atoms with Gasteiger partial charge in [0.05, 0.1) is 12.1 Å². The Morgan fingerprint density at radius 3 is 2.71 bits per heavy atom. The molecule has 24 heavy (non-hydrogen) atoms. The van der Waals surface area contributed by atoms with E-state index in [1.807, 2.05) is 54.6 Å². The van der Waals surface area contributed by atoms with E-state index in [1.165, 1.54) is 0 Å². The molecule has 3 aromatic carbocycles. The van der Waals surface area contributed by atoms with Crippen LogP contribution in [0.1, 0.15) is 21.5 Å². The molecule has 0 unspecified atom stereocenters. The molecule has 0 N–H and O–H groups in total. The molecule has 0 atom stereocenters. The fraction of sp³-hybridized carbons (Fsp3) is 0.0500. The first-order chi connectivity index (χ1) is 11.7. The summed E-state index contributed by atoms with van der Waals surface area (Å²) in [5.41, 5.74) is 2.00. The molecule has 0 aliphatic carbocycles. The lowest BCUT2D eigenvalue weighted by Crippen LogP contribution is -1.96. The van der Waals surface area contributed by atoms with E-state index < -0.39 is 0 Å². The molecule has 118 valence electrons. The molecule has 0 fully saturated rings. The van der Waals surface area contributed by atoms with Gasteiger partial charge in [-0.25, -0.2) is 0 Å². The molecule has 0 spiro atoms. The zero-order valence-corrected chi connectivity index (χ0v) is 13.6. The van der Waals surface area contributed by atoms with E-state index in [1.54, 1.807) is 7.11 Å². The van der Waals surface area contributed by atoms with Crippen molar-refractivity contribution < 1.29 is 14.3 Å². The SMILES string of the molecule is COc1ccc2c(C=O)c3c(cc2c1)Oc1ccccc1C=C3Cl. The van der Waals surface area contributed by atoms with Crippen LogP contribution in [-0.4, -0.2) is 13.4 Å². The maximum absolute atomic E-state index is 11.8. The molecular formula is C20H13ClO3. The van der Waals surface area contributed by atoms with E-state index in [9.17, 15) is 4.79 Å². The smallest absolute Gasteiger partial charge is 0.151 e. The van der Waals surface area contributed by atoms with Crippen LogP contribution in [0, 0.1) is 0 Å². The lowest BCUT2D eigenvalue weighted by atomic mass is 9.97. The summed E-state index contributed by atoms with van der Waals surface area (Å²) >= 11 is 6.52. The third kappa shape index (κ3) is 2.25. The van der Waals surface area contributed by atoms with Gasteiger partial charge in [0.15, 0.2) is 6.29 Å². The molecule has 0 radical (unpaired) electrons. The van der Waals surface area contributed by atoms with Gasteiger partial charge in [0.1, 0.15) is 17.2 Å². The Balaban J connectivity index is 2.06. The summed E-state index contributed by atoms with van der Waals surface area (Å²) in [6.07, 6.45) is 2.65. The Morgan fingerprint density at radius 1 is 1.08 bits per heavy atom. The minimum Gasteiger partial charge on any atom is -0.497 e. The third-order valence-corrected chi connectivity index (χ3v) is 4.43. The van der Waals surface area contributed by atoms with E-state index in [4.69, 9.17) is 21.1 Å². The number of hydrogen-bond acceptors (Lipinski definition) is 3. The standard InChI is InChI=1S/C20H13ClO3/c1-23-14-6-7-15-13(8-14)10-19-20(16(15)11-22)17(21)9-12-4-2-3-5-18(12)24-19/h2-11H,1H3. The van der Waals surface area contributed by atoms with Crippen LogP contribution in [-0.2, 0) is 0 Å². The second-order valence-electron chi connectivity index (χ2n) is 5.50. The molecule has 0 saturated carbocycles. The van der Waals surface area contributed by atoms with Crippen molar-refractivity contribution in [2.75, 3.05) is 7.11 Å². The molecule has 0 saturated heterocycles. The molecule has 3 aromatic rings. The largest absolute Gasteiger partial charge is 0.497 e. The lowest BCUT2D eigenvalue weighted by molar-refractivity contribution is 0.112. The minimum absolute atomic E-state index is 0.481. The average molecular weight is 337 g/mol. The minimum atomic E-state index is 0.481. The summed E-state index contributed by atoms with van der Waals surface area (Å²) < 4.78 is 11.3. The van der Waals surface area contributed by atoms with Crippen LogP contribution < -0.4 is 9.47 Å². The Hall–Kier alpha value is -2.78. The number of fused-ring (bicyclic) bond motifs is 3. The van der Waals surface area contributed by atoms with Crippen molar-refractivity contribution in [3.8, 4) is 17.2 Å². The molecule has 0 aromatic heterocycles. The Labute approximate surface area is 144 Å². The van der Waals surface area contributed by atoms with Gasteiger partial charge in [-0.2, -0.15) is 0 Å². The van der Waals surface area contributed by atoms with Gasteiger partial charge in [-0.1, -0.05) is 29.8 Å². The molecule has 0 amide bonds. The molecule has 4 heteroatoms. The van der Waals surface area contributed by atoms with Crippen LogP contribution in [0.15, 0.2) is 48.5 Å². The molecule has 0 bridgehead atoms. The van der Waals surface area contributed by atoms with Crippen molar-refractivity contribution in [2.45, 2.75) is 0 Å². The normalized spacial score (nSPS) is 12.5. The van der Waals surface area contributed by atoms with Crippen LogP contribution in [0.5, 0.6) is 17.2 Å².